The number of aromatic nitrogens is 4. The lowest BCUT2D eigenvalue weighted by Gasteiger charge is -2.03. The Kier molecular flexibility index (Phi) is 2.82. The Labute approximate surface area is 97.8 Å². The van der Waals surface area contributed by atoms with Crippen molar-refractivity contribution < 1.29 is 4.79 Å². The highest BCUT2D eigenvalue weighted by molar-refractivity contribution is 6.06. The van der Waals surface area contributed by atoms with Crippen LogP contribution in [0.15, 0.2) is 12.3 Å². The SMILES string of the molecule is CC(C)c1[nH]nc(C(=O)Nc2ccn[nH]2)c1N. The fourth-order valence-corrected chi connectivity index (χ4v) is 1.48. The van der Waals surface area contributed by atoms with Crippen LogP contribution in [0.3, 0.4) is 0 Å². The van der Waals surface area contributed by atoms with Gasteiger partial charge in [0.1, 0.15) is 5.82 Å². The molecule has 7 nitrogen and oxygen atoms in total. The normalized spacial score (nSPS) is 10.8. The minimum absolute atomic E-state index is 0.191. The van der Waals surface area contributed by atoms with Gasteiger partial charge < -0.3 is 11.1 Å². The first-order valence-corrected chi connectivity index (χ1v) is 5.24. The Bertz CT molecular complexity index is 513. The molecular weight excluding hydrogens is 220 g/mol. The molecule has 2 rings (SSSR count). The van der Waals surface area contributed by atoms with E-state index >= 15 is 0 Å². The van der Waals surface area contributed by atoms with Gasteiger partial charge >= 0.3 is 0 Å². The van der Waals surface area contributed by atoms with E-state index in [9.17, 15) is 4.79 Å². The van der Waals surface area contributed by atoms with Crippen molar-refractivity contribution in [1.82, 2.24) is 20.4 Å². The molecule has 90 valence electrons. The molecule has 5 N–H and O–H groups in total. The first kappa shape index (κ1) is 11.2. The van der Waals surface area contributed by atoms with Crippen molar-refractivity contribution in [3.05, 3.63) is 23.7 Å². The molecule has 2 heterocycles. The molecule has 0 aliphatic rings. The standard InChI is InChI=1S/C10H14N6O/c1-5(2)8-7(11)9(16-15-8)10(17)13-6-3-4-12-14-6/h3-5H,11H2,1-2H3,(H,15,16)(H2,12,13,14,17). The van der Waals surface area contributed by atoms with Crippen LogP contribution >= 0.6 is 0 Å². The number of hydrogen-bond acceptors (Lipinski definition) is 4. The molecule has 17 heavy (non-hydrogen) atoms. The zero-order valence-electron chi connectivity index (χ0n) is 9.61. The van der Waals surface area contributed by atoms with Gasteiger partial charge in [-0.3, -0.25) is 15.0 Å². The molecule has 0 unspecified atom stereocenters. The number of aromatic amines is 2. The van der Waals surface area contributed by atoms with E-state index in [4.69, 9.17) is 5.73 Å². The van der Waals surface area contributed by atoms with E-state index < -0.39 is 0 Å². The molecule has 7 heteroatoms. The predicted octanol–water partition coefficient (Wildman–Crippen LogP) is 1.09. The minimum Gasteiger partial charge on any atom is -0.395 e. The summed E-state index contributed by atoms with van der Waals surface area (Å²) in [5, 5.41) is 15.7. The van der Waals surface area contributed by atoms with E-state index in [1.54, 1.807) is 12.3 Å². The van der Waals surface area contributed by atoms with Gasteiger partial charge in [0.05, 0.1) is 17.6 Å². The third-order valence-corrected chi connectivity index (χ3v) is 2.37. The van der Waals surface area contributed by atoms with Crippen molar-refractivity contribution >= 4 is 17.4 Å². The summed E-state index contributed by atoms with van der Waals surface area (Å²) in [4.78, 5) is 11.8. The fraction of sp³-hybridized carbons (Fsp3) is 0.300. The molecule has 0 bridgehead atoms. The van der Waals surface area contributed by atoms with Crippen molar-refractivity contribution in [3.8, 4) is 0 Å². The van der Waals surface area contributed by atoms with Crippen LogP contribution in [0.1, 0.15) is 35.9 Å². The molecule has 1 amide bonds. The summed E-state index contributed by atoms with van der Waals surface area (Å²) in [6, 6.07) is 1.64. The van der Waals surface area contributed by atoms with Crippen LogP contribution in [0.5, 0.6) is 0 Å². The molecule has 0 aliphatic carbocycles. The zero-order chi connectivity index (χ0) is 12.4. The molecule has 0 atom stereocenters. The first-order chi connectivity index (χ1) is 8.09. The van der Waals surface area contributed by atoms with Gasteiger partial charge in [0.2, 0.25) is 0 Å². The number of nitrogens with two attached hydrogens (primary N) is 1. The molecule has 0 radical (unpaired) electrons. The lowest BCUT2D eigenvalue weighted by Crippen LogP contribution is -2.14. The Morgan fingerprint density at radius 1 is 1.47 bits per heavy atom. The number of H-pyrrole nitrogens is 2. The monoisotopic (exact) mass is 234 g/mol. The van der Waals surface area contributed by atoms with Crippen molar-refractivity contribution in [3.63, 3.8) is 0 Å². The van der Waals surface area contributed by atoms with Crippen molar-refractivity contribution in [1.29, 1.82) is 0 Å². The van der Waals surface area contributed by atoms with Gasteiger partial charge in [-0.1, -0.05) is 13.8 Å². The second kappa shape index (κ2) is 4.28. The van der Waals surface area contributed by atoms with Crippen molar-refractivity contribution in [2.45, 2.75) is 19.8 Å². The molecule has 0 saturated heterocycles. The third kappa shape index (κ3) is 2.12. The number of carbonyl (C=O) groups excluding carboxylic acids is 1. The summed E-state index contributed by atoms with van der Waals surface area (Å²) in [5.74, 6) is 0.328. The molecule has 2 aromatic heterocycles. The van der Waals surface area contributed by atoms with E-state index in [0.717, 1.165) is 5.69 Å². The van der Waals surface area contributed by atoms with Crippen LogP contribution in [-0.2, 0) is 0 Å². The topological polar surface area (TPSA) is 112 Å². The number of nitrogen functional groups attached to an aromatic ring is 1. The minimum atomic E-state index is -0.366. The third-order valence-electron chi connectivity index (χ3n) is 2.37. The van der Waals surface area contributed by atoms with E-state index in [2.05, 4.69) is 25.7 Å². The second-order valence-corrected chi connectivity index (χ2v) is 3.98. The van der Waals surface area contributed by atoms with Gasteiger partial charge in [0.25, 0.3) is 5.91 Å². The Hall–Kier alpha value is -2.31. The van der Waals surface area contributed by atoms with Crippen LogP contribution in [0, 0.1) is 0 Å². The summed E-state index contributed by atoms with van der Waals surface area (Å²) in [6.07, 6.45) is 1.54. The van der Waals surface area contributed by atoms with Crippen molar-refractivity contribution in [2.24, 2.45) is 0 Å². The molecule has 0 fully saturated rings. The van der Waals surface area contributed by atoms with Gasteiger partial charge in [0.15, 0.2) is 5.69 Å². The molecule has 2 aromatic rings. The smallest absolute Gasteiger partial charge is 0.279 e. The maximum absolute atomic E-state index is 11.8. The van der Waals surface area contributed by atoms with E-state index in [0.29, 0.717) is 11.5 Å². The first-order valence-electron chi connectivity index (χ1n) is 5.24. The average Bonchev–Trinajstić information content (AvgIpc) is 2.86. The van der Waals surface area contributed by atoms with Gasteiger partial charge in [-0.2, -0.15) is 10.2 Å². The molecule has 0 spiro atoms. The number of hydrogen-bond donors (Lipinski definition) is 4. The zero-order valence-corrected chi connectivity index (χ0v) is 9.61. The van der Waals surface area contributed by atoms with Crippen LogP contribution in [0.4, 0.5) is 11.5 Å². The summed E-state index contributed by atoms with van der Waals surface area (Å²) in [5.41, 5.74) is 7.20. The number of rotatable bonds is 3. The molecule has 0 aromatic carbocycles. The largest absolute Gasteiger partial charge is 0.395 e. The summed E-state index contributed by atoms with van der Waals surface area (Å²) < 4.78 is 0. The van der Waals surface area contributed by atoms with Gasteiger partial charge in [-0.15, -0.1) is 0 Å². The lowest BCUT2D eigenvalue weighted by molar-refractivity contribution is 0.102. The van der Waals surface area contributed by atoms with Crippen LogP contribution in [-0.4, -0.2) is 26.3 Å². The van der Waals surface area contributed by atoms with Gasteiger partial charge in [-0.05, 0) is 5.92 Å². The predicted molar refractivity (Wildman–Crippen MR) is 63.6 cm³/mol. The number of nitrogens with one attached hydrogen (secondary N) is 3. The second-order valence-electron chi connectivity index (χ2n) is 3.98. The van der Waals surface area contributed by atoms with E-state index in [1.807, 2.05) is 13.8 Å². The number of nitrogens with zero attached hydrogens (tertiary/aromatic N) is 2. The lowest BCUT2D eigenvalue weighted by atomic mass is 10.1. The highest BCUT2D eigenvalue weighted by Gasteiger charge is 2.19. The van der Waals surface area contributed by atoms with E-state index in [-0.39, 0.29) is 17.5 Å². The fourth-order valence-electron chi connectivity index (χ4n) is 1.48. The van der Waals surface area contributed by atoms with E-state index in [1.165, 1.54) is 0 Å². The van der Waals surface area contributed by atoms with Crippen LogP contribution in [0.2, 0.25) is 0 Å². The maximum atomic E-state index is 11.8. The van der Waals surface area contributed by atoms with Crippen molar-refractivity contribution in [2.75, 3.05) is 11.1 Å². The van der Waals surface area contributed by atoms with Crippen LogP contribution in [0.25, 0.3) is 0 Å². The average molecular weight is 234 g/mol. The quantitative estimate of drug-likeness (QED) is 0.636. The Morgan fingerprint density at radius 3 is 2.76 bits per heavy atom. The van der Waals surface area contributed by atoms with Gasteiger partial charge in [0, 0.05) is 6.07 Å². The molecular formula is C10H14N6O. The summed E-state index contributed by atoms with van der Waals surface area (Å²) >= 11 is 0. The Morgan fingerprint density at radius 2 is 2.24 bits per heavy atom. The Balaban J connectivity index is 2.20. The summed E-state index contributed by atoms with van der Waals surface area (Å²) in [6.45, 7) is 3.95. The maximum Gasteiger partial charge on any atom is 0.279 e. The summed E-state index contributed by atoms with van der Waals surface area (Å²) in [7, 11) is 0. The van der Waals surface area contributed by atoms with Crippen LogP contribution < -0.4 is 11.1 Å². The highest BCUT2D eigenvalue weighted by Crippen LogP contribution is 2.22. The van der Waals surface area contributed by atoms with Gasteiger partial charge in [-0.25, -0.2) is 0 Å². The molecule has 0 saturated carbocycles. The molecule has 0 aliphatic heterocycles. The highest BCUT2D eigenvalue weighted by atomic mass is 16.2. The number of amides is 1. The number of anilines is 2. The number of carbonyl (C=O) groups is 1.